The lowest BCUT2D eigenvalue weighted by molar-refractivity contribution is 0.415. The summed E-state index contributed by atoms with van der Waals surface area (Å²) in [7, 11) is 1.60. The molecule has 0 bridgehead atoms. The van der Waals surface area contributed by atoms with Gasteiger partial charge in [-0.25, -0.2) is 0 Å². The first-order valence-corrected chi connectivity index (χ1v) is 7.26. The molecule has 3 nitrogen and oxygen atoms in total. The summed E-state index contributed by atoms with van der Waals surface area (Å²) in [5.41, 5.74) is 3.86. The fraction of sp³-hybridized carbons (Fsp3) is 0.0556. The second-order valence-corrected chi connectivity index (χ2v) is 5.18. The van der Waals surface area contributed by atoms with E-state index in [0.29, 0.717) is 10.8 Å². The Hall–Kier alpha value is -2.52. The highest BCUT2D eigenvalue weighted by Crippen LogP contribution is 2.29. The molecule has 0 saturated heterocycles. The molecule has 0 fully saturated rings. The molecule has 0 amide bonds. The maximum atomic E-state index is 6.15. The maximum absolute atomic E-state index is 6.15. The predicted octanol–water partition coefficient (Wildman–Crippen LogP) is 5.15. The monoisotopic (exact) mass is 310 g/mol. The smallest absolute Gasteiger partial charge is 0.137 e. The van der Waals surface area contributed by atoms with Crippen LogP contribution in [0, 0.1) is 0 Å². The van der Waals surface area contributed by atoms with Crippen molar-refractivity contribution in [3.8, 4) is 17.0 Å². The molecule has 0 aliphatic rings. The standard InChI is InChI=1S/C18H15ClN2O/c1-22-18-8-7-14(11-16(18)19)21-15-9-10-20-17(12-15)13-5-3-2-4-6-13/h2-12H,1H3,(H,20,21). The van der Waals surface area contributed by atoms with Crippen LogP contribution in [-0.2, 0) is 0 Å². The largest absolute Gasteiger partial charge is 0.495 e. The van der Waals surface area contributed by atoms with Gasteiger partial charge in [-0.15, -0.1) is 0 Å². The van der Waals surface area contributed by atoms with Crippen LogP contribution in [0.4, 0.5) is 11.4 Å². The van der Waals surface area contributed by atoms with Gasteiger partial charge in [0.2, 0.25) is 0 Å². The van der Waals surface area contributed by atoms with E-state index in [1.165, 1.54) is 0 Å². The van der Waals surface area contributed by atoms with E-state index in [2.05, 4.69) is 10.3 Å². The Balaban J connectivity index is 1.86. The molecule has 3 aromatic rings. The average Bonchev–Trinajstić information content (AvgIpc) is 2.56. The van der Waals surface area contributed by atoms with Crippen LogP contribution in [0.2, 0.25) is 5.02 Å². The van der Waals surface area contributed by atoms with Gasteiger partial charge >= 0.3 is 0 Å². The second kappa shape index (κ2) is 6.50. The van der Waals surface area contributed by atoms with E-state index in [1.807, 2.05) is 60.7 Å². The van der Waals surface area contributed by atoms with Crippen molar-refractivity contribution < 1.29 is 4.74 Å². The zero-order chi connectivity index (χ0) is 15.4. The molecular weight excluding hydrogens is 296 g/mol. The van der Waals surface area contributed by atoms with Crippen molar-refractivity contribution in [1.29, 1.82) is 0 Å². The summed E-state index contributed by atoms with van der Waals surface area (Å²) in [6, 6.07) is 19.6. The number of pyridine rings is 1. The highest BCUT2D eigenvalue weighted by molar-refractivity contribution is 6.32. The molecule has 2 aromatic carbocycles. The van der Waals surface area contributed by atoms with Gasteiger partial charge in [0.1, 0.15) is 5.75 Å². The molecule has 110 valence electrons. The van der Waals surface area contributed by atoms with Crippen LogP contribution in [0.5, 0.6) is 5.75 Å². The summed E-state index contributed by atoms with van der Waals surface area (Å²) < 4.78 is 5.16. The van der Waals surface area contributed by atoms with Gasteiger partial charge < -0.3 is 10.1 Å². The van der Waals surface area contributed by atoms with Crippen LogP contribution in [0.15, 0.2) is 66.9 Å². The molecule has 1 aromatic heterocycles. The molecule has 1 N–H and O–H groups in total. The first-order chi connectivity index (χ1) is 10.8. The van der Waals surface area contributed by atoms with Crippen molar-refractivity contribution >= 4 is 23.0 Å². The summed E-state index contributed by atoms with van der Waals surface area (Å²) in [5.74, 6) is 0.659. The number of hydrogen-bond acceptors (Lipinski definition) is 3. The molecule has 1 heterocycles. The summed E-state index contributed by atoms with van der Waals surface area (Å²) in [5, 5.41) is 3.90. The van der Waals surface area contributed by atoms with Crippen molar-refractivity contribution in [2.24, 2.45) is 0 Å². The molecule has 0 atom stereocenters. The quantitative estimate of drug-likeness (QED) is 0.723. The summed E-state index contributed by atoms with van der Waals surface area (Å²) >= 11 is 6.15. The number of hydrogen-bond donors (Lipinski definition) is 1. The van der Waals surface area contributed by atoms with E-state index >= 15 is 0 Å². The number of methoxy groups -OCH3 is 1. The predicted molar refractivity (Wildman–Crippen MR) is 91.0 cm³/mol. The minimum atomic E-state index is 0.574. The third-order valence-electron chi connectivity index (χ3n) is 3.27. The SMILES string of the molecule is COc1ccc(Nc2ccnc(-c3ccccc3)c2)cc1Cl. The van der Waals surface area contributed by atoms with Crippen LogP contribution in [-0.4, -0.2) is 12.1 Å². The second-order valence-electron chi connectivity index (χ2n) is 4.77. The van der Waals surface area contributed by atoms with Gasteiger partial charge in [0.25, 0.3) is 0 Å². The minimum Gasteiger partial charge on any atom is -0.495 e. The molecule has 0 spiro atoms. The molecule has 0 unspecified atom stereocenters. The van der Waals surface area contributed by atoms with Crippen LogP contribution in [0.25, 0.3) is 11.3 Å². The van der Waals surface area contributed by atoms with E-state index < -0.39 is 0 Å². The van der Waals surface area contributed by atoms with Crippen LogP contribution in [0.3, 0.4) is 0 Å². The molecule has 0 radical (unpaired) electrons. The number of benzene rings is 2. The van der Waals surface area contributed by atoms with Gasteiger partial charge in [-0.3, -0.25) is 4.98 Å². The normalized spacial score (nSPS) is 10.3. The Morgan fingerprint density at radius 2 is 1.73 bits per heavy atom. The minimum absolute atomic E-state index is 0.574. The number of ether oxygens (including phenoxy) is 1. The van der Waals surface area contributed by atoms with Gasteiger partial charge in [0, 0.05) is 23.1 Å². The van der Waals surface area contributed by atoms with E-state index in [1.54, 1.807) is 13.3 Å². The van der Waals surface area contributed by atoms with E-state index in [4.69, 9.17) is 16.3 Å². The summed E-state index contributed by atoms with van der Waals surface area (Å²) in [4.78, 5) is 4.41. The van der Waals surface area contributed by atoms with Crippen molar-refractivity contribution in [2.45, 2.75) is 0 Å². The van der Waals surface area contributed by atoms with Crippen LogP contribution < -0.4 is 10.1 Å². The van der Waals surface area contributed by atoms with E-state index in [0.717, 1.165) is 22.6 Å². The van der Waals surface area contributed by atoms with Crippen molar-refractivity contribution in [2.75, 3.05) is 12.4 Å². The number of anilines is 2. The Morgan fingerprint density at radius 1 is 0.955 bits per heavy atom. The number of aromatic nitrogens is 1. The third kappa shape index (κ3) is 3.21. The summed E-state index contributed by atoms with van der Waals surface area (Å²) in [6.07, 6.45) is 1.79. The van der Waals surface area contributed by atoms with E-state index in [-0.39, 0.29) is 0 Å². The Bertz CT molecular complexity index is 775. The zero-order valence-electron chi connectivity index (χ0n) is 12.1. The molecule has 0 aliphatic heterocycles. The number of halogens is 1. The van der Waals surface area contributed by atoms with Gasteiger partial charge in [-0.1, -0.05) is 41.9 Å². The molecule has 3 rings (SSSR count). The first kappa shape index (κ1) is 14.4. The van der Waals surface area contributed by atoms with Gasteiger partial charge in [-0.05, 0) is 30.3 Å². The fourth-order valence-corrected chi connectivity index (χ4v) is 2.44. The topological polar surface area (TPSA) is 34.1 Å². The summed E-state index contributed by atoms with van der Waals surface area (Å²) in [6.45, 7) is 0. The molecular formula is C18H15ClN2O. The van der Waals surface area contributed by atoms with Gasteiger partial charge in [0.15, 0.2) is 0 Å². The highest BCUT2D eigenvalue weighted by atomic mass is 35.5. The molecule has 4 heteroatoms. The Morgan fingerprint density at radius 3 is 2.45 bits per heavy atom. The maximum Gasteiger partial charge on any atom is 0.137 e. The third-order valence-corrected chi connectivity index (χ3v) is 3.57. The van der Waals surface area contributed by atoms with Gasteiger partial charge in [-0.2, -0.15) is 0 Å². The Labute approximate surface area is 134 Å². The van der Waals surface area contributed by atoms with Crippen molar-refractivity contribution in [1.82, 2.24) is 4.98 Å². The lowest BCUT2D eigenvalue weighted by Gasteiger charge is -2.10. The first-order valence-electron chi connectivity index (χ1n) is 6.88. The lowest BCUT2D eigenvalue weighted by Crippen LogP contribution is -1.93. The Kier molecular flexibility index (Phi) is 4.26. The molecule has 22 heavy (non-hydrogen) atoms. The van der Waals surface area contributed by atoms with E-state index in [9.17, 15) is 0 Å². The number of nitrogens with zero attached hydrogens (tertiary/aromatic N) is 1. The number of rotatable bonds is 4. The molecule has 0 saturated carbocycles. The van der Waals surface area contributed by atoms with Gasteiger partial charge in [0.05, 0.1) is 17.8 Å². The highest BCUT2D eigenvalue weighted by Gasteiger charge is 2.04. The zero-order valence-corrected chi connectivity index (χ0v) is 12.8. The van der Waals surface area contributed by atoms with Crippen molar-refractivity contribution in [3.05, 3.63) is 71.9 Å². The van der Waals surface area contributed by atoms with Crippen molar-refractivity contribution in [3.63, 3.8) is 0 Å². The molecule has 0 aliphatic carbocycles. The average molecular weight is 311 g/mol. The lowest BCUT2D eigenvalue weighted by atomic mass is 10.1. The number of nitrogens with one attached hydrogen (secondary N) is 1. The van der Waals surface area contributed by atoms with Crippen LogP contribution in [0.1, 0.15) is 0 Å². The fourth-order valence-electron chi connectivity index (χ4n) is 2.19. The van der Waals surface area contributed by atoms with Crippen LogP contribution >= 0.6 is 11.6 Å².